The summed E-state index contributed by atoms with van der Waals surface area (Å²) in [6, 6.07) is 9.20. The van der Waals surface area contributed by atoms with Crippen LogP contribution in [-0.2, 0) is 6.54 Å². The highest BCUT2D eigenvalue weighted by Crippen LogP contribution is 2.30. The molecule has 0 aliphatic carbocycles. The molecule has 6 heteroatoms. The van der Waals surface area contributed by atoms with Crippen LogP contribution < -0.4 is 10.6 Å². The summed E-state index contributed by atoms with van der Waals surface area (Å²) in [5.41, 5.74) is 6.75. The number of hydrogen-bond acceptors (Lipinski definition) is 3. The summed E-state index contributed by atoms with van der Waals surface area (Å²) in [5.74, 6) is 0.850. The van der Waals surface area contributed by atoms with Crippen molar-refractivity contribution in [2.45, 2.75) is 6.54 Å². The van der Waals surface area contributed by atoms with E-state index in [0.29, 0.717) is 27.4 Å². The Kier molecular flexibility index (Phi) is 4.40. The molecule has 0 aliphatic rings. The number of hydrogen-bond donors (Lipinski definition) is 1. The van der Waals surface area contributed by atoms with Crippen molar-refractivity contribution in [2.24, 2.45) is 0 Å². The molecule has 0 radical (unpaired) electrons. The summed E-state index contributed by atoms with van der Waals surface area (Å²) >= 11 is 17.9. The van der Waals surface area contributed by atoms with Crippen molar-refractivity contribution in [3.8, 4) is 0 Å². The summed E-state index contributed by atoms with van der Waals surface area (Å²) in [5, 5.41) is 1.51. The number of aromatic nitrogens is 1. The fourth-order valence-corrected chi connectivity index (χ4v) is 2.44. The minimum absolute atomic E-state index is 0.263. The van der Waals surface area contributed by atoms with Gasteiger partial charge in [0.25, 0.3) is 0 Å². The monoisotopic (exact) mass is 315 g/mol. The zero-order chi connectivity index (χ0) is 14.0. The number of halogens is 3. The maximum Gasteiger partial charge on any atom is 0.149 e. The van der Waals surface area contributed by atoms with Gasteiger partial charge in [-0.05, 0) is 23.8 Å². The molecule has 0 fully saturated rings. The molecule has 0 saturated carbocycles. The second-order valence-corrected chi connectivity index (χ2v) is 5.40. The number of pyridine rings is 1. The number of anilines is 2. The highest BCUT2D eigenvalue weighted by Gasteiger charge is 2.12. The van der Waals surface area contributed by atoms with Crippen molar-refractivity contribution in [1.29, 1.82) is 0 Å². The van der Waals surface area contributed by atoms with Gasteiger partial charge in [0.1, 0.15) is 11.6 Å². The molecule has 0 bridgehead atoms. The maximum absolute atomic E-state index is 6.12. The first-order valence-electron chi connectivity index (χ1n) is 5.54. The molecule has 2 aromatic rings. The third-order valence-corrected chi connectivity index (χ3v) is 3.42. The van der Waals surface area contributed by atoms with Crippen LogP contribution in [0.15, 0.2) is 30.3 Å². The molecule has 0 saturated heterocycles. The van der Waals surface area contributed by atoms with Gasteiger partial charge in [-0.2, -0.15) is 0 Å². The molecule has 0 atom stereocenters. The highest BCUT2D eigenvalue weighted by molar-refractivity contribution is 6.37. The highest BCUT2D eigenvalue weighted by atomic mass is 35.5. The molecule has 1 heterocycles. The van der Waals surface area contributed by atoms with E-state index in [1.807, 2.05) is 36.2 Å². The van der Waals surface area contributed by atoms with Crippen LogP contribution in [0.1, 0.15) is 5.56 Å². The van der Waals surface area contributed by atoms with Gasteiger partial charge in [0, 0.05) is 18.6 Å². The SMILES string of the molecule is CN(Cc1cccc(Cl)c1)c1nc(N)c(Cl)cc1Cl. The average Bonchev–Trinajstić information content (AvgIpc) is 2.33. The zero-order valence-corrected chi connectivity index (χ0v) is 12.5. The summed E-state index contributed by atoms with van der Waals surface area (Å²) in [7, 11) is 1.88. The fraction of sp³-hybridized carbons (Fsp3) is 0.154. The van der Waals surface area contributed by atoms with Gasteiger partial charge >= 0.3 is 0 Å². The van der Waals surface area contributed by atoms with E-state index in [9.17, 15) is 0 Å². The normalized spacial score (nSPS) is 10.5. The van der Waals surface area contributed by atoms with Gasteiger partial charge < -0.3 is 10.6 Å². The van der Waals surface area contributed by atoms with Crippen LogP contribution in [0.4, 0.5) is 11.6 Å². The number of nitrogens with zero attached hydrogens (tertiary/aromatic N) is 2. The van der Waals surface area contributed by atoms with Crippen LogP contribution in [0.25, 0.3) is 0 Å². The quantitative estimate of drug-likeness (QED) is 0.920. The summed E-state index contributed by atoms with van der Waals surface area (Å²) in [6.07, 6.45) is 0. The van der Waals surface area contributed by atoms with E-state index >= 15 is 0 Å². The molecule has 100 valence electrons. The Morgan fingerprint density at radius 1 is 1.16 bits per heavy atom. The number of nitrogens with two attached hydrogens (primary N) is 1. The van der Waals surface area contributed by atoms with Gasteiger partial charge in [-0.15, -0.1) is 0 Å². The minimum atomic E-state index is 0.263. The second-order valence-electron chi connectivity index (χ2n) is 4.15. The Morgan fingerprint density at radius 3 is 2.58 bits per heavy atom. The largest absolute Gasteiger partial charge is 0.382 e. The maximum atomic E-state index is 6.12. The number of rotatable bonds is 3. The Balaban J connectivity index is 2.25. The first-order chi connectivity index (χ1) is 8.97. The van der Waals surface area contributed by atoms with Crippen LogP contribution in [0.5, 0.6) is 0 Å². The van der Waals surface area contributed by atoms with E-state index in [1.165, 1.54) is 0 Å². The van der Waals surface area contributed by atoms with Crippen LogP contribution in [0.2, 0.25) is 15.1 Å². The van der Waals surface area contributed by atoms with Gasteiger partial charge in [-0.1, -0.05) is 46.9 Å². The summed E-state index contributed by atoms with van der Waals surface area (Å²) in [6.45, 7) is 0.619. The van der Waals surface area contributed by atoms with Crippen LogP contribution >= 0.6 is 34.8 Å². The van der Waals surface area contributed by atoms with E-state index in [0.717, 1.165) is 5.56 Å². The summed E-state index contributed by atoms with van der Waals surface area (Å²) in [4.78, 5) is 6.09. The molecule has 0 aliphatic heterocycles. The second kappa shape index (κ2) is 5.87. The average molecular weight is 317 g/mol. The fourth-order valence-electron chi connectivity index (χ4n) is 1.72. The van der Waals surface area contributed by atoms with Gasteiger partial charge in [0.15, 0.2) is 0 Å². The number of nitrogen functional groups attached to an aromatic ring is 1. The van der Waals surface area contributed by atoms with Gasteiger partial charge in [-0.3, -0.25) is 0 Å². The topological polar surface area (TPSA) is 42.2 Å². The molecular formula is C13H12Cl3N3. The van der Waals surface area contributed by atoms with Crippen LogP contribution in [-0.4, -0.2) is 12.0 Å². The van der Waals surface area contributed by atoms with E-state index in [2.05, 4.69) is 4.98 Å². The standard InChI is InChI=1S/C13H12Cl3N3/c1-19(7-8-3-2-4-9(14)5-8)13-11(16)6-10(15)12(17)18-13/h2-6H,7H2,1H3,(H2,17,18). The Hall–Kier alpha value is -1.16. The van der Waals surface area contributed by atoms with Crippen LogP contribution in [0.3, 0.4) is 0 Å². The predicted octanol–water partition coefficient (Wildman–Crippen LogP) is 4.26. The Morgan fingerprint density at radius 2 is 1.89 bits per heavy atom. The third kappa shape index (κ3) is 3.44. The number of benzene rings is 1. The summed E-state index contributed by atoms with van der Waals surface area (Å²) < 4.78 is 0. The van der Waals surface area contributed by atoms with Crippen molar-refractivity contribution in [3.05, 3.63) is 51.0 Å². The van der Waals surface area contributed by atoms with Crippen molar-refractivity contribution in [2.75, 3.05) is 17.7 Å². The van der Waals surface area contributed by atoms with Crippen molar-refractivity contribution >= 4 is 46.4 Å². The zero-order valence-electron chi connectivity index (χ0n) is 10.2. The molecule has 1 aromatic carbocycles. The lowest BCUT2D eigenvalue weighted by atomic mass is 10.2. The molecule has 2 N–H and O–H groups in total. The molecule has 19 heavy (non-hydrogen) atoms. The molecular weight excluding hydrogens is 305 g/mol. The first-order valence-corrected chi connectivity index (χ1v) is 6.68. The molecule has 3 nitrogen and oxygen atoms in total. The lowest BCUT2D eigenvalue weighted by Crippen LogP contribution is -2.18. The first kappa shape index (κ1) is 14.3. The Labute approximate surface area is 126 Å². The predicted molar refractivity (Wildman–Crippen MR) is 82.2 cm³/mol. The van der Waals surface area contributed by atoms with E-state index in [1.54, 1.807) is 6.07 Å². The van der Waals surface area contributed by atoms with Crippen molar-refractivity contribution < 1.29 is 0 Å². The van der Waals surface area contributed by atoms with Gasteiger partial charge in [0.2, 0.25) is 0 Å². The van der Waals surface area contributed by atoms with Crippen molar-refractivity contribution in [3.63, 3.8) is 0 Å². The Bertz CT molecular complexity index is 602. The lowest BCUT2D eigenvalue weighted by molar-refractivity contribution is 0.900. The van der Waals surface area contributed by atoms with E-state index in [-0.39, 0.29) is 5.82 Å². The smallest absolute Gasteiger partial charge is 0.149 e. The van der Waals surface area contributed by atoms with E-state index in [4.69, 9.17) is 40.5 Å². The lowest BCUT2D eigenvalue weighted by Gasteiger charge is -2.20. The van der Waals surface area contributed by atoms with Crippen LogP contribution in [0, 0.1) is 0 Å². The molecule has 2 rings (SSSR count). The molecule has 1 aromatic heterocycles. The van der Waals surface area contributed by atoms with Gasteiger partial charge in [-0.25, -0.2) is 4.98 Å². The molecule has 0 unspecified atom stereocenters. The van der Waals surface area contributed by atoms with Gasteiger partial charge in [0.05, 0.1) is 10.0 Å². The van der Waals surface area contributed by atoms with E-state index < -0.39 is 0 Å². The molecule has 0 spiro atoms. The molecule has 0 amide bonds. The van der Waals surface area contributed by atoms with Crippen molar-refractivity contribution in [1.82, 2.24) is 4.98 Å². The minimum Gasteiger partial charge on any atom is -0.382 e. The third-order valence-electron chi connectivity index (χ3n) is 2.61.